The molecule has 1 amide bonds. The van der Waals surface area contributed by atoms with Crippen molar-refractivity contribution < 1.29 is 14.3 Å². The zero-order chi connectivity index (χ0) is 21.8. The van der Waals surface area contributed by atoms with Crippen LogP contribution in [0.15, 0.2) is 54.6 Å². The molecule has 0 aromatic heterocycles. The van der Waals surface area contributed by atoms with Crippen molar-refractivity contribution in [3.05, 3.63) is 88.0 Å². The summed E-state index contributed by atoms with van der Waals surface area (Å²) in [5.41, 5.74) is 8.27. The van der Waals surface area contributed by atoms with Crippen molar-refractivity contribution in [3.8, 4) is 11.1 Å². The zero-order valence-corrected chi connectivity index (χ0v) is 18.1. The molecule has 3 aromatic carbocycles. The SMILES string of the molecule is Cc1c(C)c(C)c(C(=O)OCC(=O)Nc2ccccc2-c2ccccc2)c(C)c1C. The van der Waals surface area contributed by atoms with Crippen LogP contribution in [0.5, 0.6) is 0 Å². The van der Waals surface area contributed by atoms with Crippen molar-refractivity contribution in [2.75, 3.05) is 11.9 Å². The minimum atomic E-state index is -0.470. The first kappa shape index (κ1) is 21.3. The molecule has 0 atom stereocenters. The third-order valence-corrected chi connectivity index (χ3v) is 5.82. The van der Waals surface area contributed by atoms with Gasteiger partial charge in [-0.1, -0.05) is 48.5 Å². The summed E-state index contributed by atoms with van der Waals surface area (Å²) in [6, 6.07) is 17.4. The Morgan fingerprint density at radius 2 is 1.27 bits per heavy atom. The number of rotatable bonds is 5. The lowest BCUT2D eigenvalue weighted by Crippen LogP contribution is -2.22. The Balaban J connectivity index is 1.73. The van der Waals surface area contributed by atoms with Gasteiger partial charge in [0.25, 0.3) is 5.91 Å². The highest BCUT2D eigenvalue weighted by Gasteiger charge is 2.20. The number of ether oxygens (including phenoxy) is 1. The standard InChI is InChI=1S/C26H27NO3/c1-16-17(2)19(4)25(20(5)18(16)3)26(29)30-15-24(28)27-23-14-10-9-13-22(23)21-11-7-6-8-12-21/h6-14H,15H2,1-5H3,(H,27,28). The fourth-order valence-electron chi connectivity index (χ4n) is 3.66. The highest BCUT2D eigenvalue weighted by Crippen LogP contribution is 2.28. The summed E-state index contributed by atoms with van der Waals surface area (Å²) in [4.78, 5) is 25.2. The molecule has 4 nitrogen and oxygen atoms in total. The Morgan fingerprint density at radius 1 is 0.733 bits per heavy atom. The van der Waals surface area contributed by atoms with Crippen LogP contribution in [0.2, 0.25) is 0 Å². The molecule has 30 heavy (non-hydrogen) atoms. The van der Waals surface area contributed by atoms with Gasteiger partial charge in [-0.15, -0.1) is 0 Å². The van der Waals surface area contributed by atoms with Crippen molar-refractivity contribution in [3.63, 3.8) is 0 Å². The predicted octanol–water partition coefficient (Wildman–Crippen LogP) is 5.69. The van der Waals surface area contributed by atoms with Crippen molar-refractivity contribution in [2.24, 2.45) is 0 Å². The van der Waals surface area contributed by atoms with E-state index >= 15 is 0 Å². The van der Waals surface area contributed by atoms with E-state index < -0.39 is 5.97 Å². The van der Waals surface area contributed by atoms with Crippen LogP contribution < -0.4 is 5.32 Å². The van der Waals surface area contributed by atoms with Gasteiger partial charge in [-0.25, -0.2) is 4.79 Å². The van der Waals surface area contributed by atoms with E-state index in [1.165, 1.54) is 5.56 Å². The molecule has 0 aliphatic heterocycles. The van der Waals surface area contributed by atoms with Gasteiger partial charge in [0.05, 0.1) is 5.56 Å². The molecule has 0 saturated heterocycles. The second-order valence-electron chi connectivity index (χ2n) is 7.54. The number of esters is 1. The first-order chi connectivity index (χ1) is 14.3. The van der Waals surface area contributed by atoms with Crippen LogP contribution in [-0.2, 0) is 9.53 Å². The summed E-state index contributed by atoms with van der Waals surface area (Å²) in [5.74, 6) is -0.842. The molecule has 3 rings (SSSR count). The fourth-order valence-corrected chi connectivity index (χ4v) is 3.66. The van der Waals surface area contributed by atoms with Gasteiger partial charge in [-0.05, 0) is 74.1 Å². The summed E-state index contributed by atoms with van der Waals surface area (Å²) < 4.78 is 5.37. The van der Waals surface area contributed by atoms with Crippen LogP contribution in [0.25, 0.3) is 11.1 Å². The Bertz CT molecular complexity index is 1070. The third kappa shape index (κ3) is 4.28. The minimum Gasteiger partial charge on any atom is -0.452 e. The van der Waals surface area contributed by atoms with Crippen LogP contribution in [0.4, 0.5) is 5.69 Å². The lowest BCUT2D eigenvalue weighted by Gasteiger charge is -2.17. The topological polar surface area (TPSA) is 55.4 Å². The first-order valence-electron chi connectivity index (χ1n) is 9.99. The molecule has 0 bridgehead atoms. The number of carbonyl (C=O) groups is 2. The monoisotopic (exact) mass is 401 g/mol. The summed E-state index contributed by atoms with van der Waals surface area (Å²) in [5, 5.41) is 2.86. The lowest BCUT2D eigenvalue weighted by atomic mass is 9.90. The fraction of sp³-hybridized carbons (Fsp3) is 0.231. The van der Waals surface area contributed by atoms with Gasteiger partial charge in [-0.2, -0.15) is 0 Å². The lowest BCUT2D eigenvalue weighted by molar-refractivity contribution is -0.119. The van der Waals surface area contributed by atoms with Gasteiger partial charge >= 0.3 is 5.97 Å². The quantitative estimate of drug-likeness (QED) is 0.559. The maximum absolute atomic E-state index is 12.7. The summed E-state index contributed by atoms with van der Waals surface area (Å²) in [6.07, 6.45) is 0. The van der Waals surface area contributed by atoms with E-state index in [-0.39, 0.29) is 12.5 Å². The van der Waals surface area contributed by atoms with Crippen molar-refractivity contribution in [1.29, 1.82) is 0 Å². The number of carbonyl (C=O) groups excluding carboxylic acids is 2. The number of hydrogen-bond acceptors (Lipinski definition) is 3. The van der Waals surface area contributed by atoms with Gasteiger partial charge in [-0.3, -0.25) is 4.79 Å². The molecular weight excluding hydrogens is 374 g/mol. The van der Waals surface area contributed by atoms with Crippen molar-refractivity contribution in [2.45, 2.75) is 34.6 Å². The van der Waals surface area contributed by atoms with Crippen molar-refractivity contribution >= 4 is 17.6 Å². The maximum atomic E-state index is 12.7. The van der Waals surface area contributed by atoms with E-state index in [0.717, 1.165) is 33.4 Å². The second-order valence-corrected chi connectivity index (χ2v) is 7.54. The van der Waals surface area contributed by atoms with Gasteiger partial charge in [0.15, 0.2) is 6.61 Å². The number of hydrogen-bond donors (Lipinski definition) is 1. The predicted molar refractivity (Wildman–Crippen MR) is 121 cm³/mol. The molecule has 0 heterocycles. The second kappa shape index (κ2) is 8.95. The average molecular weight is 402 g/mol. The smallest absolute Gasteiger partial charge is 0.339 e. The zero-order valence-electron chi connectivity index (χ0n) is 18.1. The largest absolute Gasteiger partial charge is 0.452 e. The summed E-state index contributed by atoms with van der Waals surface area (Å²) in [6.45, 7) is 9.55. The molecule has 4 heteroatoms. The minimum absolute atomic E-state index is 0.340. The molecule has 0 radical (unpaired) electrons. The number of amides is 1. The molecule has 0 spiro atoms. The Kier molecular flexibility index (Phi) is 6.36. The van der Waals surface area contributed by atoms with E-state index in [4.69, 9.17) is 4.74 Å². The van der Waals surface area contributed by atoms with E-state index in [9.17, 15) is 9.59 Å². The Morgan fingerprint density at radius 3 is 1.90 bits per heavy atom. The number of para-hydroxylation sites is 1. The molecule has 0 unspecified atom stereocenters. The van der Waals surface area contributed by atoms with Gasteiger partial charge in [0, 0.05) is 11.3 Å². The van der Waals surface area contributed by atoms with E-state index in [1.807, 2.05) is 82.3 Å². The van der Waals surface area contributed by atoms with Gasteiger partial charge < -0.3 is 10.1 Å². The molecular formula is C26H27NO3. The third-order valence-electron chi connectivity index (χ3n) is 5.82. The molecule has 0 saturated carbocycles. The normalized spacial score (nSPS) is 10.6. The number of anilines is 1. The molecule has 3 aromatic rings. The van der Waals surface area contributed by atoms with Gasteiger partial charge in [0.2, 0.25) is 0 Å². The van der Waals surface area contributed by atoms with Crippen LogP contribution >= 0.6 is 0 Å². The molecule has 0 aliphatic rings. The molecule has 0 aliphatic carbocycles. The van der Waals surface area contributed by atoms with Crippen LogP contribution in [0, 0.1) is 34.6 Å². The maximum Gasteiger partial charge on any atom is 0.339 e. The highest BCUT2D eigenvalue weighted by molar-refractivity contribution is 5.99. The van der Waals surface area contributed by atoms with Crippen LogP contribution in [0.3, 0.4) is 0 Å². The van der Waals surface area contributed by atoms with E-state index in [1.54, 1.807) is 0 Å². The highest BCUT2D eigenvalue weighted by atomic mass is 16.5. The van der Waals surface area contributed by atoms with Crippen LogP contribution in [0.1, 0.15) is 38.2 Å². The van der Waals surface area contributed by atoms with Crippen molar-refractivity contribution in [1.82, 2.24) is 0 Å². The first-order valence-corrected chi connectivity index (χ1v) is 9.99. The molecule has 1 N–H and O–H groups in total. The number of benzene rings is 3. The van der Waals surface area contributed by atoms with Gasteiger partial charge in [0.1, 0.15) is 0 Å². The summed E-state index contributed by atoms with van der Waals surface area (Å²) in [7, 11) is 0. The van der Waals surface area contributed by atoms with E-state index in [2.05, 4.69) is 12.2 Å². The number of nitrogens with one attached hydrogen (secondary N) is 1. The Labute approximate surface area is 177 Å². The molecule has 0 fully saturated rings. The Hall–Kier alpha value is -3.40. The average Bonchev–Trinajstić information content (AvgIpc) is 2.76. The van der Waals surface area contributed by atoms with Crippen LogP contribution in [-0.4, -0.2) is 18.5 Å². The van der Waals surface area contributed by atoms with E-state index in [0.29, 0.717) is 11.3 Å². The summed E-state index contributed by atoms with van der Waals surface area (Å²) >= 11 is 0. The molecule has 154 valence electrons.